The van der Waals surface area contributed by atoms with Crippen LogP contribution in [-0.4, -0.2) is 49.1 Å². The van der Waals surface area contributed by atoms with Crippen molar-refractivity contribution < 1.29 is 0 Å². The van der Waals surface area contributed by atoms with Crippen molar-refractivity contribution >= 4 is 0 Å². The van der Waals surface area contributed by atoms with Crippen LogP contribution in [-0.2, 0) is 0 Å². The first-order chi connectivity index (χ1) is 13.8. The monoisotopic (exact) mass is 401 g/mol. The fourth-order valence-electron chi connectivity index (χ4n) is 5.96. The van der Waals surface area contributed by atoms with Crippen molar-refractivity contribution in [2.24, 2.45) is 23.7 Å². The summed E-state index contributed by atoms with van der Waals surface area (Å²) >= 11 is 0. The molecule has 0 aromatic rings. The summed E-state index contributed by atoms with van der Waals surface area (Å²) in [7, 11) is 4.25. The molecule has 3 heteroatoms. The summed E-state index contributed by atoms with van der Waals surface area (Å²) in [4.78, 5) is 5.14. The van der Waals surface area contributed by atoms with Gasteiger partial charge in [-0.15, -0.1) is 0 Å². The van der Waals surface area contributed by atoms with Gasteiger partial charge >= 0.3 is 0 Å². The summed E-state index contributed by atoms with van der Waals surface area (Å²) in [6.07, 6.45) is 10.0. The molecule has 1 saturated heterocycles. The van der Waals surface area contributed by atoms with E-state index in [0.717, 1.165) is 18.4 Å². The van der Waals surface area contributed by atoms with Crippen LogP contribution in [0.4, 0.5) is 0 Å². The van der Waals surface area contributed by atoms with Crippen LogP contribution in [0.15, 0.2) is 35.7 Å². The molecule has 6 atom stereocenters. The van der Waals surface area contributed by atoms with Gasteiger partial charge in [0.25, 0.3) is 0 Å². The van der Waals surface area contributed by atoms with Crippen LogP contribution in [0, 0.1) is 23.7 Å². The smallest absolute Gasteiger partial charge is 0.0375 e. The van der Waals surface area contributed by atoms with Crippen molar-refractivity contribution in [1.82, 2.24) is 15.1 Å². The molecule has 0 spiro atoms. The lowest BCUT2D eigenvalue weighted by Gasteiger charge is -2.43. The number of likely N-dealkylation sites (N-methyl/N-ethyl adjacent to an activating group) is 2. The highest BCUT2D eigenvalue weighted by molar-refractivity contribution is 5.23. The zero-order chi connectivity index (χ0) is 21.7. The minimum absolute atomic E-state index is 0.493. The highest BCUT2D eigenvalue weighted by Crippen LogP contribution is 2.42. The van der Waals surface area contributed by atoms with Gasteiger partial charge in [-0.2, -0.15) is 0 Å². The molecule has 1 fully saturated rings. The van der Waals surface area contributed by atoms with Crippen LogP contribution in [0.2, 0.25) is 0 Å². The quantitative estimate of drug-likeness (QED) is 0.450. The molecule has 2 rings (SSSR count). The lowest BCUT2D eigenvalue weighted by atomic mass is 9.71. The first-order valence-electron chi connectivity index (χ1n) is 11.9. The molecule has 6 unspecified atom stereocenters. The Balaban J connectivity index is 2.24. The highest BCUT2D eigenvalue weighted by Gasteiger charge is 2.39. The van der Waals surface area contributed by atoms with Crippen LogP contribution >= 0.6 is 0 Å². The molecule has 0 aromatic carbocycles. The van der Waals surface area contributed by atoms with E-state index in [9.17, 15) is 0 Å². The third-order valence-corrected chi connectivity index (χ3v) is 7.73. The molecule has 166 valence electrons. The van der Waals surface area contributed by atoms with Crippen LogP contribution in [0.5, 0.6) is 0 Å². The third-order valence-electron chi connectivity index (χ3n) is 7.73. The first-order valence-corrected chi connectivity index (χ1v) is 11.9. The van der Waals surface area contributed by atoms with Crippen LogP contribution in [0.25, 0.3) is 0 Å². The zero-order valence-electron chi connectivity index (χ0n) is 20.5. The molecule has 0 amide bonds. The van der Waals surface area contributed by atoms with Gasteiger partial charge in [0, 0.05) is 49.8 Å². The molecular weight excluding hydrogens is 354 g/mol. The van der Waals surface area contributed by atoms with Crippen molar-refractivity contribution in [2.75, 3.05) is 27.2 Å². The predicted molar refractivity (Wildman–Crippen MR) is 128 cm³/mol. The highest BCUT2D eigenvalue weighted by atomic mass is 15.2. The Morgan fingerprint density at radius 3 is 2.59 bits per heavy atom. The Labute approximate surface area is 181 Å². The van der Waals surface area contributed by atoms with Gasteiger partial charge in [-0.3, -0.25) is 0 Å². The van der Waals surface area contributed by atoms with Crippen molar-refractivity contribution in [1.29, 1.82) is 0 Å². The van der Waals surface area contributed by atoms with E-state index in [-0.39, 0.29) is 0 Å². The molecule has 1 aliphatic heterocycles. The van der Waals surface area contributed by atoms with E-state index in [1.54, 1.807) is 11.1 Å². The van der Waals surface area contributed by atoms with Gasteiger partial charge in [-0.25, -0.2) is 0 Å². The van der Waals surface area contributed by atoms with E-state index in [0.29, 0.717) is 23.9 Å². The summed E-state index contributed by atoms with van der Waals surface area (Å²) < 4.78 is 0. The van der Waals surface area contributed by atoms with Gasteiger partial charge in [-0.1, -0.05) is 57.9 Å². The minimum Gasteiger partial charge on any atom is -0.374 e. The van der Waals surface area contributed by atoms with Gasteiger partial charge in [0.1, 0.15) is 0 Å². The van der Waals surface area contributed by atoms with E-state index in [4.69, 9.17) is 0 Å². The maximum absolute atomic E-state index is 4.36. The average molecular weight is 402 g/mol. The SMILES string of the molecule is C=C(CNC)N(C)C(C(C)CC)C(CC)/C(C)=C/N1CCCC1C1C(C)=CC1C. The molecule has 0 bridgehead atoms. The summed E-state index contributed by atoms with van der Waals surface area (Å²) in [5, 5.41) is 3.28. The third kappa shape index (κ3) is 5.29. The first kappa shape index (κ1) is 24.1. The molecule has 3 nitrogen and oxygen atoms in total. The summed E-state index contributed by atoms with van der Waals surface area (Å²) in [6.45, 7) is 20.6. The molecule has 2 aliphatic rings. The number of hydrogen-bond donors (Lipinski definition) is 1. The Morgan fingerprint density at radius 1 is 1.38 bits per heavy atom. The minimum atomic E-state index is 0.493. The Bertz CT molecular complexity index is 605. The van der Waals surface area contributed by atoms with E-state index in [1.165, 1.54) is 37.9 Å². The topological polar surface area (TPSA) is 18.5 Å². The van der Waals surface area contributed by atoms with Gasteiger partial charge in [-0.05, 0) is 58.2 Å². The van der Waals surface area contributed by atoms with Gasteiger partial charge < -0.3 is 15.1 Å². The Kier molecular flexibility index (Phi) is 8.88. The molecule has 0 radical (unpaired) electrons. The Hall–Kier alpha value is -1.22. The predicted octanol–water partition coefficient (Wildman–Crippen LogP) is 5.67. The number of nitrogens with one attached hydrogen (secondary N) is 1. The second-order valence-corrected chi connectivity index (χ2v) is 9.71. The van der Waals surface area contributed by atoms with E-state index in [2.05, 4.69) is 82.6 Å². The van der Waals surface area contributed by atoms with Crippen LogP contribution < -0.4 is 5.32 Å². The second-order valence-electron chi connectivity index (χ2n) is 9.71. The van der Waals surface area contributed by atoms with Crippen molar-refractivity contribution in [3.8, 4) is 0 Å². The van der Waals surface area contributed by atoms with Gasteiger partial charge in [0.15, 0.2) is 0 Å². The lowest BCUT2D eigenvalue weighted by molar-refractivity contribution is 0.161. The standard InChI is InChI=1S/C26H47N3/c1-10-18(3)26(28(9)22(7)16-27-8)23(11-2)21(6)17-29-14-12-13-24(29)25-19(4)15-20(25)5/h15,17-19,23-27H,7,10-14,16H2,1-6,8-9H3/b21-17+. The fourth-order valence-corrected chi connectivity index (χ4v) is 5.96. The molecule has 1 N–H and O–H groups in total. The van der Waals surface area contributed by atoms with Crippen LogP contribution in [0.3, 0.4) is 0 Å². The van der Waals surface area contributed by atoms with E-state index in [1.807, 2.05) is 7.05 Å². The van der Waals surface area contributed by atoms with Gasteiger partial charge in [0.2, 0.25) is 0 Å². The zero-order valence-corrected chi connectivity index (χ0v) is 20.5. The normalized spacial score (nSPS) is 27.9. The number of nitrogens with zero attached hydrogens (tertiary/aromatic N) is 2. The van der Waals surface area contributed by atoms with E-state index >= 15 is 0 Å². The summed E-state index contributed by atoms with van der Waals surface area (Å²) in [5.41, 5.74) is 4.34. The van der Waals surface area contributed by atoms with E-state index < -0.39 is 0 Å². The molecule has 1 heterocycles. The molecular formula is C26H47N3. The maximum Gasteiger partial charge on any atom is 0.0375 e. The fraction of sp³-hybridized carbons (Fsp3) is 0.769. The Morgan fingerprint density at radius 2 is 2.07 bits per heavy atom. The van der Waals surface area contributed by atoms with Gasteiger partial charge in [0.05, 0.1) is 0 Å². The summed E-state index contributed by atoms with van der Waals surface area (Å²) in [5.74, 6) is 2.68. The van der Waals surface area contributed by atoms with Crippen molar-refractivity contribution in [3.05, 3.63) is 35.7 Å². The lowest BCUT2D eigenvalue weighted by Crippen LogP contribution is -2.44. The number of hydrogen-bond acceptors (Lipinski definition) is 3. The number of likely N-dealkylation sites (tertiary alicyclic amines) is 1. The summed E-state index contributed by atoms with van der Waals surface area (Å²) in [6, 6.07) is 1.19. The largest absolute Gasteiger partial charge is 0.374 e. The molecule has 0 aromatic heterocycles. The van der Waals surface area contributed by atoms with Crippen molar-refractivity contribution in [3.63, 3.8) is 0 Å². The molecule has 0 saturated carbocycles. The average Bonchev–Trinajstić information content (AvgIpc) is 3.11. The molecule has 1 aliphatic carbocycles. The maximum atomic E-state index is 4.36. The van der Waals surface area contributed by atoms with Crippen molar-refractivity contribution in [2.45, 2.75) is 79.3 Å². The molecule has 29 heavy (non-hydrogen) atoms. The van der Waals surface area contributed by atoms with Crippen LogP contribution in [0.1, 0.15) is 67.2 Å². The second kappa shape index (κ2) is 10.7. The number of allylic oxidation sites excluding steroid dienone is 1. The number of rotatable bonds is 11.